The number of rotatable bonds is 3. The van der Waals surface area contributed by atoms with Gasteiger partial charge in [0.15, 0.2) is 0 Å². The Morgan fingerprint density at radius 3 is 2.60 bits per heavy atom. The lowest BCUT2D eigenvalue weighted by atomic mass is 10.1. The maximum atomic E-state index is 5.78. The molecule has 0 aliphatic heterocycles. The quantitative estimate of drug-likeness (QED) is 0.746. The molecule has 102 valence electrons. The van der Waals surface area contributed by atoms with Crippen LogP contribution in [0.4, 0.5) is 0 Å². The van der Waals surface area contributed by atoms with E-state index in [1.807, 2.05) is 18.2 Å². The molecule has 0 saturated carbocycles. The lowest BCUT2D eigenvalue weighted by molar-refractivity contribution is 0.899. The van der Waals surface area contributed by atoms with Crippen molar-refractivity contribution in [3.63, 3.8) is 0 Å². The highest BCUT2D eigenvalue weighted by Crippen LogP contribution is 2.27. The Bertz CT molecular complexity index is 744. The predicted octanol–water partition coefficient (Wildman–Crippen LogP) is 3.57. The number of nitrogens with two attached hydrogens (primary N) is 1. The maximum absolute atomic E-state index is 5.78. The number of nitrogens with zero attached hydrogens (tertiary/aromatic N) is 2. The molecular weight excluding hydrogens is 314 g/mol. The van der Waals surface area contributed by atoms with Gasteiger partial charge in [0.05, 0.1) is 16.0 Å². The topological polar surface area (TPSA) is 43.3 Å². The van der Waals surface area contributed by atoms with Gasteiger partial charge in [0.1, 0.15) is 5.65 Å². The lowest BCUT2D eigenvalue weighted by Crippen LogP contribution is -2.06. The largest absolute Gasteiger partial charge is 0.330 e. The molecule has 0 bridgehead atoms. The molecule has 0 aliphatic rings. The van der Waals surface area contributed by atoms with E-state index in [9.17, 15) is 0 Å². The molecule has 0 fully saturated rings. The van der Waals surface area contributed by atoms with Crippen molar-refractivity contribution in [2.75, 3.05) is 6.54 Å². The van der Waals surface area contributed by atoms with Crippen molar-refractivity contribution in [2.45, 2.75) is 13.3 Å². The Morgan fingerprint density at radius 1 is 1.15 bits per heavy atom. The molecule has 0 spiro atoms. The average Bonchev–Trinajstić information content (AvgIpc) is 2.80. The van der Waals surface area contributed by atoms with E-state index in [0.29, 0.717) is 6.54 Å². The summed E-state index contributed by atoms with van der Waals surface area (Å²) in [6, 6.07) is 14.5. The second-order valence-corrected chi connectivity index (χ2v) is 5.67. The fraction of sp³-hybridized carbons (Fsp3) is 0.188. The number of pyridine rings is 1. The second kappa shape index (κ2) is 5.38. The summed E-state index contributed by atoms with van der Waals surface area (Å²) < 4.78 is 3.13. The standard InChI is InChI=1S/C16H16BrN3/c1-11-5-7-12(8-6-11)16-13(9-10-18)20-14(17)3-2-4-15(20)19-16/h2-8H,9-10,18H2,1H3. The lowest BCUT2D eigenvalue weighted by Gasteiger charge is -2.05. The summed E-state index contributed by atoms with van der Waals surface area (Å²) in [5.74, 6) is 0. The van der Waals surface area contributed by atoms with E-state index in [0.717, 1.165) is 33.6 Å². The van der Waals surface area contributed by atoms with Crippen molar-refractivity contribution in [2.24, 2.45) is 5.73 Å². The molecule has 0 radical (unpaired) electrons. The van der Waals surface area contributed by atoms with Crippen LogP contribution in [0.2, 0.25) is 0 Å². The molecule has 20 heavy (non-hydrogen) atoms. The van der Waals surface area contributed by atoms with Gasteiger partial charge < -0.3 is 5.73 Å². The summed E-state index contributed by atoms with van der Waals surface area (Å²) in [5.41, 5.74) is 11.3. The van der Waals surface area contributed by atoms with Gasteiger partial charge in [-0.05, 0) is 41.5 Å². The van der Waals surface area contributed by atoms with Crippen LogP contribution in [-0.2, 0) is 6.42 Å². The first-order chi connectivity index (χ1) is 9.70. The van der Waals surface area contributed by atoms with Crippen LogP contribution in [0.5, 0.6) is 0 Å². The fourth-order valence-corrected chi connectivity index (χ4v) is 2.97. The third kappa shape index (κ3) is 2.25. The Labute approximate surface area is 126 Å². The number of halogens is 1. The number of aryl methyl sites for hydroxylation is 1. The van der Waals surface area contributed by atoms with E-state index in [1.165, 1.54) is 5.56 Å². The molecule has 2 N–H and O–H groups in total. The summed E-state index contributed by atoms with van der Waals surface area (Å²) >= 11 is 3.60. The van der Waals surface area contributed by atoms with E-state index in [2.05, 4.69) is 51.5 Å². The number of benzene rings is 1. The van der Waals surface area contributed by atoms with E-state index in [1.54, 1.807) is 0 Å². The van der Waals surface area contributed by atoms with Gasteiger partial charge in [0.25, 0.3) is 0 Å². The van der Waals surface area contributed by atoms with Gasteiger partial charge in [-0.15, -0.1) is 0 Å². The predicted molar refractivity (Wildman–Crippen MR) is 85.8 cm³/mol. The molecule has 1 aromatic carbocycles. The number of hydrogen-bond donors (Lipinski definition) is 1. The third-order valence-corrected chi connectivity index (χ3v) is 4.02. The Kier molecular flexibility index (Phi) is 3.59. The number of imidazole rings is 1. The Balaban J connectivity index is 2.26. The zero-order valence-electron chi connectivity index (χ0n) is 11.3. The molecule has 0 aliphatic carbocycles. The van der Waals surface area contributed by atoms with Crippen LogP contribution in [0.25, 0.3) is 16.9 Å². The molecule has 3 rings (SSSR count). The van der Waals surface area contributed by atoms with Crippen LogP contribution in [0.3, 0.4) is 0 Å². The van der Waals surface area contributed by atoms with Gasteiger partial charge >= 0.3 is 0 Å². The second-order valence-electron chi connectivity index (χ2n) is 4.85. The first kappa shape index (κ1) is 13.3. The molecule has 0 unspecified atom stereocenters. The van der Waals surface area contributed by atoms with E-state index < -0.39 is 0 Å². The Hall–Kier alpha value is -1.65. The summed E-state index contributed by atoms with van der Waals surface area (Å²) in [6.45, 7) is 2.69. The average molecular weight is 330 g/mol. The Morgan fingerprint density at radius 2 is 1.90 bits per heavy atom. The molecule has 0 saturated heterocycles. The molecule has 2 heterocycles. The summed E-state index contributed by atoms with van der Waals surface area (Å²) in [4.78, 5) is 4.77. The van der Waals surface area contributed by atoms with Crippen LogP contribution in [0.15, 0.2) is 47.1 Å². The first-order valence-electron chi connectivity index (χ1n) is 6.63. The first-order valence-corrected chi connectivity index (χ1v) is 7.43. The monoisotopic (exact) mass is 329 g/mol. The normalized spacial score (nSPS) is 11.2. The van der Waals surface area contributed by atoms with Crippen LogP contribution in [0, 0.1) is 6.92 Å². The van der Waals surface area contributed by atoms with Crippen LogP contribution >= 0.6 is 15.9 Å². The minimum absolute atomic E-state index is 0.605. The van der Waals surface area contributed by atoms with Crippen molar-refractivity contribution in [1.29, 1.82) is 0 Å². The number of fused-ring (bicyclic) bond motifs is 1. The summed E-state index contributed by atoms with van der Waals surface area (Å²) in [7, 11) is 0. The van der Waals surface area contributed by atoms with Crippen molar-refractivity contribution in [1.82, 2.24) is 9.38 Å². The highest BCUT2D eigenvalue weighted by Gasteiger charge is 2.14. The van der Waals surface area contributed by atoms with Crippen LogP contribution < -0.4 is 5.73 Å². The third-order valence-electron chi connectivity index (χ3n) is 3.40. The van der Waals surface area contributed by atoms with Crippen LogP contribution in [-0.4, -0.2) is 15.9 Å². The summed E-state index contributed by atoms with van der Waals surface area (Å²) in [5, 5.41) is 0. The van der Waals surface area contributed by atoms with Gasteiger partial charge in [-0.2, -0.15) is 0 Å². The van der Waals surface area contributed by atoms with Gasteiger partial charge in [-0.3, -0.25) is 4.40 Å². The summed E-state index contributed by atoms with van der Waals surface area (Å²) in [6.07, 6.45) is 0.799. The zero-order chi connectivity index (χ0) is 14.1. The highest BCUT2D eigenvalue weighted by molar-refractivity contribution is 9.10. The van der Waals surface area contributed by atoms with Gasteiger partial charge in [-0.1, -0.05) is 35.9 Å². The zero-order valence-corrected chi connectivity index (χ0v) is 12.9. The molecule has 2 aromatic heterocycles. The number of aromatic nitrogens is 2. The van der Waals surface area contributed by atoms with Crippen molar-refractivity contribution >= 4 is 21.6 Å². The molecule has 0 atom stereocenters. The van der Waals surface area contributed by atoms with Gasteiger partial charge in [0, 0.05) is 12.0 Å². The van der Waals surface area contributed by atoms with Crippen LogP contribution in [0.1, 0.15) is 11.3 Å². The van der Waals surface area contributed by atoms with Gasteiger partial charge in [-0.25, -0.2) is 4.98 Å². The van der Waals surface area contributed by atoms with E-state index >= 15 is 0 Å². The molecule has 4 heteroatoms. The van der Waals surface area contributed by atoms with E-state index in [4.69, 9.17) is 10.7 Å². The molecule has 3 aromatic rings. The van der Waals surface area contributed by atoms with E-state index in [-0.39, 0.29) is 0 Å². The molecule has 0 amide bonds. The van der Waals surface area contributed by atoms with Crippen molar-refractivity contribution < 1.29 is 0 Å². The minimum Gasteiger partial charge on any atom is -0.330 e. The van der Waals surface area contributed by atoms with Crippen molar-refractivity contribution in [3.05, 3.63) is 58.3 Å². The maximum Gasteiger partial charge on any atom is 0.138 e. The highest BCUT2D eigenvalue weighted by atomic mass is 79.9. The van der Waals surface area contributed by atoms with Crippen molar-refractivity contribution in [3.8, 4) is 11.3 Å². The molecule has 3 nitrogen and oxygen atoms in total. The minimum atomic E-state index is 0.605. The number of hydrogen-bond acceptors (Lipinski definition) is 2. The smallest absolute Gasteiger partial charge is 0.138 e. The SMILES string of the molecule is Cc1ccc(-c2nc3cccc(Br)n3c2CCN)cc1. The fourth-order valence-electron chi connectivity index (χ4n) is 2.42. The molecular formula is C16H16BrN3. The van der Waals surface area contributed by atoms with Gasteiger partial charge in [0.2, 0.25) is 0 Å².